The molecule has 0 aliphatic rings. The van der Waals surface area contributed by atoms with Gasteiger partial charge in [-0.3, -0.25) is 0 Å². The van der Waals surface area contributed by atoms with E-state index in [1.807, 2.05) is 0 Å². The molecule has 0 fully saturated rings. The number of rotatable bonds is 8. The molecule has 328 valence electrons. The fourth-order valence-electron chi connectivity index (χ4n) is 11.9. The summed E-state index contributed by atoms with van der Waals surface area (Å²) in [7, 11) is -2.91. The first-order valence-corrected chi connectivity index (χ1v) is 26.2. The van der Waals surface area contributed by atoms with E-state index in [-0.39, 0.29) is 0 Å². The van der Waals surface area contributed by atoms with Gasteiger partial charge in [0.1, 0.15) is 0 Å². The molecule has 0 radical (unpaired) electrons. The number of benzene rings is 11. The van der Waals surface area contributed by atoms with Gasteiger partial charge in [-0.15, -0.1) is 0 Å². The number of fused-ring (bicyclic) bond motifs is 9. The SMILES string of the molecule is c1ccc(-c2ccccc2-n2c3cc(-n4c5ccccc5c5ccccc54)ccc3c3ccc(-n4c5ccccc5c5c([Si](c6ccccc6)(c6ccccc6)c6ccccc6)cccc54)cc32)cc1. The van der Waals surface area contributed by atoms with Gasteiger partial charge in [0.2, 0.25) is 0 Å². The molecular weight excluding hydrogens is 863 g/mol. The van der Waals surface area contributed by atoms with E-state index in [0.717, 1.165) is 28.1 Å². The molecule has 0 aliphatic heterocycles. The van der Waals surface area contributed by atoms with Crippen molar-refractivity contribution in [2.24, 2.45) is 0 Å². The van der Waals surface area contributed by atoms with Crippen molar-refractivity contribution < 1.29 is 0 Å². The molecule has 3 aromatic heterocycles. The van der Waals surface area contributed by atoms with Crippen LogP contribution in [0.15, 0.2) is 273 Å². The molecule has 14 aromatic rings. The van der Waals surface area contributed by atoms with Crippen LogP contribution in [0.5, 0.6) is 0 Å². The molecule has 14 rings (SSSR count). The second kappa shape index (κ2) is 16.1. The van der Waals surface area contributed by atoms with Gasteiger partial charge in [-0.1, -0.05) is 218 Å². The number of nitrogens with zero attached hydrogens (tertiary/aromatic N) is 3. The quantitative estimate of drug-likeness (QED) is 0.107. The van der Waals surface area contributed by atoms with Crippen molar-refractivity contribution in [3.05, 3.63) is 273 Å². The van der Waals surface area contributed by atoms with Crippen LogP contribution in [-0.4, -0.2) is 21.8 Å². The number of hydrogen-bond donors (Lipinski definition) is 0. The maximum Gasteiger partial charge on any atom is 0.180 e. The highest BCUT2D eigenvalue weighted by atomic mass is 28.3. The maximum absolute atomic E-state index is 2.91. The minimum absolute atomic E-state index is 1.12. The molecule has 0 amide bonds. The van der Waals surface area contributed by atoms with Gasteiger partial charge in [0.25, 0.3) is 0 Å². The zero-order valence-electron chi connectivity index (χ0n) is 38.3. The van der Waals surface area contributed by atoms with Crippen LogP contribution >= 0.6 is 0 Å². The lowest BCUT2D eigenvalue weighted by Gasteiger charge is -2.35. The first-order valence-electron chi connectivity index (χ1n) is 24.2. The van der Waals surface area contributed by atoms with Crippen LogP contribution in [0, 0.1) is 0 Å². The van der Waals surface area contributed by atoms with E-state index >= 15 is 0 Å². The van der Waals surface area contributed by atoms with Crippen molar-refractivity contribution in [2.45, 2.75) is 0 Å². The Hall–Kier alpha value is -8.96. The van der Waals surface area contributed by atoms with Crippen molar-refractivity contribution in [1.29, 1.82) is 0 Å². The molecule has 0 saturated carbocycles. The summed E-state index contributed by atoms with van der Waals surface area (Å²) in [5, 5.41) is 12.9. The lowest BCUT2D eigenvalue weighted by Crippen LogP contribution is -2.74. The minimum Gasteiger partial charge on any atom is -0.309 e. The van der Waals surface area contributed by atoms with E-state index in [1.165, 1.54) is 86.3 Å². The molecule has 3 nitrogen and oxygen atoms in total. The summed E-state index contributed by atoms with van der Waals surface area (Å²) in [6.45, 7) is 0. The lowest BCUT2D eigenvalue weighted by atomic mass is 10.0. The van der Waals surface area contributed by atoms with E-state index in [1.54, 1.807) is 0 Å². The number of aromatic nitrogens is 3. The Bertz CT molecular complexity index is 4130. The second-order valence-electron chi connectivity index (χ2n) is 18.4. The average molecular weight is 908 g/mol. The van der Waals surface area contributed by atoms with Gasteiger partial charge in [0.15, 0.2) is 8.07 Å². The molecule has 0 N–H and O–H groups in total. The highest BCUT2D eigenvalue weighted by Crippen LogP contribution is 2.41. The van der Waals surface area contributed by atoms with Gasteiger partial charge in [-0.05, 0) is 80.9 Å². The molecule has 3 heterocycles. The van der Waals surface area contributed by atoms with Crippen LogP contribution < -0.4 is 20.7 Å². The summed E-state index contributed by atoms with van der Waals surface area (Å²) in [6, 6.07) is 101. The van der Waals surface area contributed by atoms with E-state index in [2.05, 4.69) is 287 Å². The Morgan fingerprint density at radius 1 is 0.257 bits per heavy atom. The Labute approximate surface area is 407 Å². The third kappa shape index (κ3) is 5.94. The van der Waals surface area contributed by atoms with Crippen molar-refractivity contribution in [3.63, 3.8) is 0 Å². The number of para-hydroxylation sites is 4. The Morgan fingerprint density at radius 2 is 0.657 bits per heavy atom. The summed E-state index contributed by atoms with van der Waals surface area (Å²) in [5.74, 6) is 0. The summed E-state index contributed by atoms with van der Waals surface area (Å²) in [6.07, 6.45) is 0. The Kier molecular flexibility index (Phi) is 9.23. The topological polar surface area (TPSA) is 14.8 Å². The van der Waals surface area contributed by atoms with Crippen LogP contribution in [0.1, 0.15) is 0 Å². The smallest absolute Gasteiger partial charge is 0.180 e. The third-order valence-corrected chi connectivity index (χ3v) is 19.6. The zero-order chi connectivity index (χ0) is 46.2. The molecule has 0 spiro atoms. The van der Waals surface area contributed by atoms with Crippen LogP contribution in [0.3, 0.4) is 0 Å². The van der Waals surface area contributed by atoms with Crippen LogP contribution in [-0.2, 0) is 0 Å². The largest absolute Gasteiger partial charge is 0.309 e. The highest BCUT2D eigenvalue weighted by Gasteiger charge is 2.43. The monoisotopic (exact) mass is 907 g/mol. The van der Waals surface area contributed by atoms with Crippen molar-refractivity contribution in [1.82, 2.24) is 13.7 Å². The fourth-order valence-corrected chi connectivity index (χ4v) is 16.9. The predicted molar refractivity (Wildman–Crippen MR) is 299 cm³/mol. The van der Waals surface area contributed by atoms with Gasteiger partial charge < -0.3 is 13.7 Å². The van der Waals surface area contributed by atoms with Crippen LogP contribution in [0.25, 0.3) is 93.6 Å². The van der Waals surface area contributed by atoms with Gasteiger partial charge in [0, 0.05) is 49.3 Å². The van der Waals surface area contributed by atoms with Crippen molar-refractivity contribution >= 4 is 94.2 Å². The molecule has 0 atom stereocenters. The highest BCUT2D eigenvalue weighted by molar-refractivity contribution is 7.20. The first-order chi connectivity index (χ1) is 34.8. The standard InChI is InChI=1S/C66H45N3Si/c1-5-22-46(23-6-1)52-30-13-17-34-58(52)69-63-44-47(67-59-35-18-14-31-53(59)54-32-15-19-36-60(54)67)40-42-55(63)56-43-41-48(45-64(56)69)68-61-37-20-16-33-57(61)66-62(68)38-21-39-65(66)70(49-24-7-2-8-25-49,50-26-9-3-10-27-50)51-28-11-4-12-29-51/h1-45H. The average Bonchev–Trinajstić information content (AvgIpc) is 4.08. The molecular formula is C66H45N3Si. The van der Waals surface area contributed by atoms with Crippen molar-refractivity contribution in [2.75, 3.05) is 0 Å². The normalized spacial score (nSPS) is 12.0. The van der Waals surface area contributed by atoms with Gasteiger partial charge >= 0.3 is 0 Å². The maximum atomic E-state index is 2.52. The summed E-state index contributed by atoms with van der Waals surface area (Å²) < 4.78 is 7.47. The molecule has 0 unspecified atom stereocenters. The van der Waals surface area contributed by atoms with Crippen molar-refractivity contribution in [3.8, 4) is 28.2 Å². The summed E-state index contributed by atoms with van der Waals surface area (Å²) in [5.41, 5.74) is 12.8. The Balaban J connectivity index is 1.07. The van der Waals surface area contributed by atoms with Gasteiger partial charge in [-0.2, -0.15) is 0 Å². The van der Waals surface area contributed by atoms with E-state index < -0.39 is 8.07 Å². The van der Waals surface area contributed by atoms with E-state index in [4.69, 9.17) is 0 Å². The molecule has 11 aromatic carbocycles. The summed E-state index contributed by atoms with van der Waals surface area (Å²) >= 11 is 0. The first kappa shape index (κ1) is 40.1. The van der Waals surface area contributed by atoms with E-state index in [0.29, 0.717) is 0 Å². The molecule has 0 aliphatic carbocycles. The fraction of sp³-hybridized carbons (Fsp3) is 0. The molecule has 0 bridgehead atoms. The molecule has 0 saturated heterocycles. The second-order valence-corrected chi connectivity index (χ2v) is 22.2. The van der Waals surface area contributed by atoms with Gasteiger partial charge in [0.05, 0.1) is 38.8 Å². The lowest BCUT2D eigenvalue weighted by molar-refractivity contribution is 1.14. The predicted octanol–water partition coefficient (Wildman–Crippen LogP) is 14.0. The Morgan fingerprint density at radius 3 is 1.20 bits per heavy atom. The van der Waals surface area contributed by atoms with Gasteiger partial charge in [-0.25, -0.2) is 0 Å². The third-order valence-electron chi connectivity index (χ3n) is 14.8. The minimum atomic E-state index is -2.91. The zero-order valence-corrected chi connectivity index (χ0v) is 39.3. The molecule has 4 heteroatoms. The molecule has 70 heavy (non-hydrogen) atoms. The summed E-state index contributed by atoms with van der Waals surface area (Å²) in [4.78, 5) is 0. The van der Waals surface area contributed by atoms with Crippen LogP contribution in [0.4, 0.5) is 0 Å². The number of hydrogen-bond acceptors (Lipinski definition) is 0. The van der Waals surface area contributed by atoms with E-state index in [9.17, 15) is 0 Å². The van der Waals surface area contributed by atoms with Crippen LogP contribution in [0.2, 0.25) is 0 Å².